The molecule has 2 rings (SSSR count). The molecule has 0 amide bonds. The Morgan fingerprint density at radius 3 is 0.534 bits per heavy atom. The van der Waals surface area contributed by atoms with Crippen LogP contribution < -0.4 is 6.54 Å². The molecule has 0 spiro atoms. The molecular weight excluding hydrogens is 1220 g/mol. The predicted octanol–water partition coefficient (Wildman–Crippen LogP) is 14.9. The van der Waals surface area contributed by atoms with Crippen molar-refractivity contribution in [3.8, 4) is 0 Å². The van der Waals surface area contributed by atoms with Gasteiger partial charge < -0.3 is 0 Å². The van der Waals surface area contributed by atoms with Gasteiger partial charge in [-0.25, -0.2) is 0 Å². The zero-order valence-corrected chi connectivity index (χ0v) is 59.5. The third-order valence-electron chi connectivity index (χ3n) is 12.5. The Bertz CT molecular complexity index is 1480. The first-order valence-electron chi connectivity index (χ1n) is 22.9. The third-order valence-corrected chi connectivity index (χ3v) is 72.6. The molecule has 0 saturated heterocycles. The van der Waals surface area contributed by atoms with Gasteiger partial charge in [0.25, 0.3) is 0 Å². The fraction of sp³-hybridized carbons (Fsp3) is 0.750. The molecule has 0 aliphatic rings. The molecule has 0 N–H and O–H groups in total. The van der Waals surface area contributed by atoms with E-state index in [2.05, 4.69) is 229 Å². The second-order valence-electron chi connectivity index (χ2n) is 29.4. The molecule has 2 aromatic carbocycles. The van der Waals surface area contributed by atoms with Crippen LogP contribution in [-0.2, 0) is 10.8 Å². The molecule has 0 nitrogen and oxygen atoms in total. The van der Waals surface area contributed by atoms with Crippen molar-refractivity contribution in [2.24, 2.45) is 0 Å². The molecule has 0 aliphatic carbocycles. The van der Waals surface area contributed by atoms with Gasteiger partial charge in [0.15, 0.2) is 0 Å². The maximum atomic E-state index is 2.89. The molecule has 58 heavy (non-hydrogen) atoms. The summed E-state index contributed by atoms with van der Waals surface area (Å²) in [6.07, 6.45) is 0. The molecular formula is C48H98Bi2Si8. The maximum absolute atomic E-state index is 2.89. The minimum absolute atomic E-state index is 0.148. The molecule has 0 fully saturated rings. The van der Waals surface area contributed by atoms with Crippen molar-refractivity contribution in [3.63, 3.8) is 0 Å². The SMILES string of the molecule is CC(C)(C)c1cc(C([Si](C)(C)C)[Si](C)(C)C)[c]([Bi]=[Bi][c]2c(C([Si](C)(C)C)[Si](C)(C)C)cc(C(C)(C)C)cc2C([Si](C)(C)C)[Si](C)(C)C)c(C([Si](C)(C)C)[Si](C)(C)C)c1. The zero-order chi connectivity index (χ0) is 46.2. The van der Waals surface area contributed by atoms with Crippen LogP contribution in [0.5, 0.6) is 0 Å². The number of hydrogen-bond acceptors (Lipinski definition) is 0. The monoisotopic (exact) mass is 1320 g/mol. The van der Waals surface area contributed by atoms with Crippen LogP contribution in [-0.4, -0.2) is 100 Å². The van der Waals surface area contributed by atoms with Crippen LogP contribution in [0.4, 0.5) is 0 Å². The third kappa shape index (κ3) is 14.2. The number of hydrogen-bond donors (Lipinski definition) is 0. The topological polar surface area (TPSA) is 0 Å². The molecule has 0 saturated carbocycles. The van der Waals surface area contributed by atoms with Gasteiger partial charge >= 0.3 is 394 Å². The first-order valence-corrected chi connectivity index (χ1v) is 70.2. The van der Waals surface area contributed by atoms with Crippen LogP contribution in [0.25, 0.3) is 0 Å². The second-order valence-corrected chi connectivity index (χ2v) is 92.8. The Hall–Kier alpha value is 1.94. The summed E-state index contributed by atoms with van der Waals surface area (Å²) in [7, 11) is -12.5. The van der Waals surface area contributed by atoms with E-state index in [4.69, 9.17) is 0 Å². The van der Waals surface area contributed by atoms with Crippen molar-refractivity contribution in [1.29, 1.82) is 0 Å². The van der Waals surface area contributed by atoms with E-state index >= 15 is 0 Å². The fourth-order valence-electron chi connectivity index (χ4n) is 12.4. The van der Waals surface area contributed by atoms with E-state index in [9.17, 15) is 0 Å². The summed E-state index contributed by atoms with van der Waals surface area (Å²) in [6, 6.07) is 11.6. The number of rotatable bonds is 14. The Morgan fingerprint density at radius 2 is 0.431 bits per heavy atom. The average Bonchev–Trinajstić information content (AvgIpc) is 2.85. The molecule has 0 aliphatic heterocycles. The summed E-state index contributed by atoms with van der Waals surface area (Å²) in [6.45, 7) is 80.9. The van der Waals surface area contributed by atoms with Crippen LogP contribution in [0.2, 0.25) is 157 Å². The standard InChI is InChI=1S/2C24H49Si4.2Bi/c2*1-24(2,3)21-17-19(22(25(4,5)6)26(7,8)9)16-20(18-21)23(27(10,11)12)28(13,14)15;;/h2*17-18,22-23H,1-15H3;;. The molecule has 0 bridgehead atoms. The van der Waals surface area contributed by atoms with Gasteiger partial charge in [0, 0.05) is 0 Å². The Labute approximate surface area is 390 Å². The summed E-state index contributed by atoms with van der Waals surface area (Å²) < 4.78 is 4.14. The summed E-state index contributed by atoms with van der Waals surface area (Å²) in [5.74, 6) is 0. The normalized spacial score (nSPS) is 15.3. The summed E-state index contributed by atoms with van der Waals surface area (Å²) in [5, 5.41) is 3.17. The van der Waals surface area contributed by atoms with E-state index in [0.717, 1.165) is 20.7 Å². The van der Waals surface area contributed by atoms with Crippen molar-refractivity contribution in [1.82, 2.24) is 0 Å². The summed E-state index contributed by atoms with van der Waals surface area (Å²) >= 11 is -2.23. The molecule has 0 aromatic heterocycles. The van der Waals surface area contributed by atoms with Gasteiger partial charge in [-0.3, -0.25) is 0 Å². The first-order chi connectivity index (χ1) is 25.1. The van der Waals surface area contributed by atoms with Crippen molar-refractivity contribution >= 4 is 107 Å². The van der Waals surface area contributed by atoms with Gasteiger partial charge in [0.05, 0.1) is 0 Å². The van der Waals surface area contributed by atoms with Crippen molar-refractivity contribution in [2.45, 2.75) is 230 Å². The van der Waals surface area contributed by atoms with E-state index in [0.29, 0.717) is 0 Å². The van der Waals surface area contributed by atoms with Crippen molar-refractivity contribution in [3.05, 3.63) is 57.6 Å². The van der Waals surface area contributed by atoms with Gasteiger partial charge in [-0.15, -0.1) is 0 Å². The van der Waals surface area contributed by atoms with Crippen LogP contribution in [0.15, 0.2) is 24.3 Å². The first kappa shape index (κ1) is 56.1. The van der Waals surface area contributed by atoms with E-state index < -0.39 is 100 Å². The minimum atomic E-state index is -1.56. The van der Waals surface area contributed by atoms with E-state index in [1.54, 1.807) is 11.1 Å². The Morgan fingerprint density at radius 1 is 0.293 bits per heavy atom. The molecule has 2 aromatic rings. The Kier molecular flexibility index (Phi) is 17.7. The molecule has 0 radical (unpaired) electrons. The van der Waals surface area contributed by atoms with Crippen LogP contribution in [0.1, 0.15) is 95.6 Å². The molecule has 332 valence electrons. The van der Waals surface area contributed by atoms with Crippen LogP contribution >= 0.6 is 0 Å². The van der Waals surface area contributed by atoms with Gasteiger partial charge in [0.2, 0.25) is 0 Å². The number of benzene rings is 2. The molecule has 0 heterocycles. The van der Waals surface area contributed by atoms with Crippen molar-refractivity contribution < 1.29 is 0 Å². The molecule has 10 heteroatoms. The predicted molar refractivity (Wildman–Crippen MR) is 299 cm³/mol. The van der Waals surface area contributed by atoms with Crippen LogP contribution in [0.3, 0.4) is 0 Å². The van der Waals surface area contributed by atoms with Gasteiger partial charge in [-0.2, -0.15) is 0 Å². The van der Waals surface area contributed by atoms with E-state index in [-0.39, 0.29) is 10.8 Å². The quantitative estimate of drug-likeness (QED) is 0.165. The van der Waals surface area contributed by atoms with E-state index in [1.165, 1.54) is 0 Å². The van der Waals surface area contributed by atoms with Gasteiger partial charge in [-0.05, 0) is 0 Å². The second kappa shape index (κ2) is 18.3. The summed E-state index contributed by atoms with van der Waals surface area (Å²) in [5.41, 5.74) is 11.3. The summed E-state index contributed by atoms with van der Waals surface area (Å²) in [4.78, 5) is 0. The van der Waals surface area contributed by atoms with Gasteiger partial charge in [-0.1, -0.05) is 0 Å². The van der Waals surface area contributed by atoms with Gasteiger partial charge in [0.1, 0.15) is 0 Å². The van der Waals surface area contributed by atoms with E-state index in [1.807, 2.05) is 22.3 Å². The Balaban J connectivity index is 3.70. The zero-order valence-electron chi connectivity index (χ0n) is 44.5. The molecule has 0 atom stereocenters. The van der Waals surface area contributed by atoms with Crippen molar-refractivity contribution in [2.75, 3.05) is 0 Å². The fourth-order valence-corrected chi connectivity index (χ4v) is 95.3. The average molecular weight is 1320 g/mol. The van der Waals surface area contributed by atoms with Crippen LogP contribution in [0, 0.1) is 0 Å². The molecule has 0 unspecified atom stereocenters.